The van der Waals surface area contributed by atoms with Gasteiger partial charge < -0.3 is 4.55 Å². The van der Waals surface area contributed by atoms with Crippen LogP contribution >= 0.6 is 23.2 Å². The Morgan fingerprint density at radius 1 is 0.765 bits per heavy atom. The van der Waals surface area contributed by atoms with Gasteiger partial charge in [-0.1, -0.05) is 36.1 Å². The Hall–Kier alpha value is -2.34. The Kier molecular flexibility index (Phi) is 15.2. The van der Waals surface area contributed by atoms with Crippen LogP contribution < -0.4 is 0 Å². The van der Waals surface area contributed by atoms with Crippen molar-refractivity contribution in [3.8, 4) is 23.7 Å². The van der Waals surface area contributed by atoms with Gasteiger partial charge in [0, 0.05) is 23.5 Å². The van der Waals surface area contributed by atoms with Crippen molar-refractivity contribution in [2.45, 2.75) is 5.51 Å². The molecular formula is C22H14AgCl2F3N2O3S. The number of aromatic nitrogens is 2. The number of halogens is 5. The van der Waals surface area contributed by atoms with Gasteiger partial charge in [0.15, 0.2) is 10.1 Å². The minimum absolute atomic E-state index is 0. The van der Waals surface area contributed by atoms with Crippen LogP contribution in [-0.2, 0) is 32.5 Å². The Bertz CT molecular complexity index is 1160. The van der Waals surface area contributed by atoms with E-state index in [0.29, 0.717) is 0 Å². The molecule has 5 nitrogen and oxygen atoms in total. The van der Waals surface area contributed by atoms with E-state index in [1.54, 1.807) is 12.4 Å². The van der Waals surface area contributed by atoms with Crippen molar-refractivity contribution in [1.29, 1.82) is 0 Å². The van der Waals surface area contributed by atoms with Crippen molar-refractivity contribution < 1.29 is 48.5 Å². The van der Waals surface area contributed by atoms with Gasteiger partial charge in [-0.2, -0.15) is 13.2 Å². The second-order valence-electron chi connectivity index (χ2n) is 5.48. The molecule has 3 rings (SSSR count). The third-order valence-electron chi connectivity index (χ3n) is 3.19. The SMILES string of the molecule is C(#Cc1ccccc1C#Cc1ccccn1)c1ccccn1.ClCCl.O=S(=O)([O-])C(F)(F)F.[Ag+]. The molecule has 0 amide bonds. The van der Waals surface area contributed by atoms with Crippen LogP contribution in [0.3, 0.4) is 0 Å². The number of benzene rings is 1. The maximum Gasteiger partial charge on any atom is 1.00 e. The maximum atomic E-state index is 10.7. The normalized spacial score (nSPS) is 9.71. The molecule has 0 aliphatic heterocycles. The van der Waals surface area contributed by atoms with Gasteiger partial charge in [-0.3, -0.25) is 0 Å². The number of pyridine rings is 2. The summed E-state index contributed by atoms with van der Waals surface area (Å²) in [7, 11) is -6.09. The van der Waals surface area contributed by atoms with Gasteiger partial charge in [-0.25, -0.2) is 18.4 Å². The molecule has 34 heavy (non-hydrogen) atoms. The van der Waals surface area contributed by atoms with E-state index in [2.05, 4.69) is 33.6 Å². The fourth-order valence-corrected chi connectivity index (χ4v) is 1.84. The van der Waals surface area contributed by atoms with Gasteiger partial charge in [0.2, 0.25) is 0 Å². The zero-order valence-corrected chi connectivity index (χ0v) is 20.7. The van der Waals surface area contributed by atoms with Gasteiger partial charge in [0.1, 0.15) is 11.4 Å². The van der Waals surface area contributed by atoms with E-state index >= 15 is 0 Å². The standard InChI is InChI=1S/C20H12N2.CH2Cl2.CHF3O3S.Ag/c1-2-8-18(12-14-20-10-4-6-16-22-20)17(7-1)11-13-19-9-3-5-15-21-19;2-1-3;2-1(3,4)8(5,6)7;/h1-10,15-16H;1H2;(H,5,6,7);/q;;;+1/p-1. The molecule has 3 aromatic rings. The molecule has 0 unspecified atom stereocenters. The first-order valence-corrected chi connectivity index (χ1v) is 11.2. The average molecular weight is 622 g/mol. The number of hydrogen-bond donors (Lipinski definition) is 0. The summed E-state index contributed by atoms with van der Waals surface area (Å²) in [5.74, 6) is 12.4. The minimum Gasteiger partial charge on any atom is -0.741 e. The van der Waals surface area contributed by atoms with Crippen LogP contribution in [0, 0.1) is 23.7 Å². The molecule has 0 aliphatic carbocycles. The first-order valence-electron chi connectivity index (χ1n) is 8.67. The Balaban J connectivity index is 0.000000770. The van der Waals surface area contributed by atoms with Gasteiger partial charge in [0.05, 0.1) is 5.34 Å². The summed E-state index contributed by atoms with van der Waals surface area (Å²) >= 11 is 9.53. The van der Waals surface area contributed by atoms with Crippen LogP contribution in [0.5, 0.6) is 0 Å². The molecule has 0 atom stereocenters. The van der Waals surface area contributed by atoms with Crippen LogP contribution in [0.25, 0.3) is 0 Å². The van der Waals surface area contributed by atoms with Crippen LogP contribution in [0.2, 0.25) is 0 Å². The van der Waals surface area contributed by atoms with E-state index in [1.165, 1.54) is 0 Å². The van der Waals surface area contributed by atoms with Crippen molar-refractivity contribution >= 4 is 33.3 Å². The van der Waals surface area contributed by atoms with Crippen LogP contribution in [0.4, 0.5) is 13.2 Å². The molecule has 0 spiro atoms. The minimum atomic E-state index is -6.09. The largest absolute Gasteiger partial charge is 1.00 e. The summed E-state index contributed by atoms with van der Waals surface area (Å²) in [5, 5.41) is 0.194. The first kappa shape index (κ1) is 31.7. The molecule has 0 fully saturated rings. The topological polar surface area (TPSA) is 83.0 Å². The fraction of sp³-hybridized carbons (Fsp3) is 0.0909. The molecule has 2 aromatic heterocycles. The van der Waals surface area contributed by atoms with Crippen molar-refractivity contribution in [3.63, 3.8) is 0 Å². The third kappa shape index (κ3) is 12.8. The predicted octanol–water partition coefficient (Wildman–Crippen LogP) is 4.75. The fourth-order valence-electron chi connectivity index (χ4n) is 1.84. The molecule has 12 heteroatoms. The third-order valence-corrected chi connectivity index (χ3v) is 3.76. The number of hydrogen-bond acceptors (Lipinski definition) is 5. The monoisotopic (exact) mass is 620 g/mol. The van der Waals surface area contributed by atoms with Crippen molar-refractivity contribution in [3.05, 3.63) is 95.6 Å². The summed E-state index contributed by atoms with van der Waals surface area (Å²) in [6.45, 7) is 0. The van der Waals surface area contributed by atoms with E-state index in [4.69, 9.17) is 36.2 Å². The second-order valence-corrected chi connectivity index (χ2v) is 7.66. The van der Waals surface area contributed by atoms with Crippen LogP contribution in [0.1, 0.15) is 22.5 Å². The molecule has 2 heterocycles. The van der Waals surface area contributed by atoms with Crippen LogP contribution in [-0.4, -0.2) is 33.8 Å². The van der Waals surface area contributed by atoms with Crippen molar-refractivity contribution in [1.82, 2.24) is 9.97 Å². The van der Waals surface area contributed by atoms with Gasteiger partial charge in [0.25, 0.3) is 0 Å². The molecule has 0 saturated carbocycles. The molecule has 0 radical (unpaired) electrons. The Labute approximate surface area is 221 Å². The molecular weight excluding hydrogens is 608 g/mol. The van der Waals surface area contributed by atoms with E-state index in [1.807, 2.05) is 60.7 Å². The molecule has 0 aliphatic rings. The maximum absolute atomic E-state index is 10.7. The summed E-state index contributed by atoms with van der Waals surface area (Å²) in [6.07, 6.45) is 3.47. The molecule has 0 N–H and O–H groups in total. The van der Waals surface area contributed by atoms with Crippen molar-refractivity contribution in [2.24, 2.45) is 0 Å². The zero-order chi connectivity index (χ0) is 24.7. The summed E-state index contributed by atoms with van der Waals surface area (Å²) in [6, 6.07) is 19.2. The Morgan fingerprint density at radius 2 is 1.09 bits per heavy atom. The molecule has 182 valence electrons. The molecule has 1 aromatic carbocycles. The number of rotatable bonds is 0. The number of alkyl halides is 5. The summed E-state index contributed by atoms with van der Waals surface area (Å²) in [5.41, 5.74) is -2.38. The van der Waals surface area contributed by atoms with E-state index in [9.17, 15) is 13.2 Å². The van der Waals surface area contributed by atoms with Crippen molar-refractivity contribution in [2.75, 3.05) is 5.34 Å². The molecule has 0 saturated heterocycles. The van der Waals surface area contributed by atoms with Gasteiger partial charge >= 0.3 is 27.9 Å². The van der Waals surface area contributed by atoms with Gasteiger partial charge in [-0.15, -0.1) is 23.2 Å². The smallest absolute Gasteiger partial charge is 0.741 e. The second kappa shape index (κ2) is 16.3. The van der Waals surface area contributed by atoms with E-state index in [-0.39, 0.29) is 27.7 Å². The molecule has 0 bridgehead atoms. The van der Waals surface area contributed by atoms with Crippen LogP contribution in [0.15, 0.2) is 73.1 Å². The zero-order valence-electron chi connectivity index (χ0n) is 16.9. The predicted molar refractivity (Wildman–Crippen MR) is 119 cm³/mol. The first-order chi connectivity index (χ1) is 15.6. The Morgan fingerprint density at radius 3 is 1.35 bits per heavy atom. The number of nitrogens with zero attached hydrogens (tertiary/aromatic N) is 2. The quantitative estimate of drug-likeness (QED) is 0.119. The average Bonchev–Trinajstić information content (AvgIpc) is 2.78. The van der Waals surface area contributed by atoms with E-state index < -0.39 is 15.6 Å². The summed E-state index contributed by atoms with van der Waals surface area (Å²) < 4.78 is 58.9. The summed E-state index contributed by atoms with van der Waals surface area (Å²) in [4.78, 5) is 8.39. The van der Waals surface area contributed by atoms with Gasteiger partial charge in [-0.05, 0) is 48.2 Å². The van der Waals surface area contributed by atoms with E-state index in [0.717, 1.165) is 22.5 Å².